The second-order valence-electron chi connectivity index (χ2n) is 8.97. The third-order valence-electron chi connectivity index (χ3n) is 6.23. The van der Waals surface area contributed by atoms with Crippen LogP contribution in [0.4, 0.5) is 13.2 Å². The lowest BCUT2D eigenvalue weighted by atomic mass is 9.89. The van der Waals surface area contributed by atoms with Gasteiger partial charge < -0.3 is 0 Å². The zero-order chi connectivity index (χ0) is 22.7. The molecule has 0 saturated carbocycles. The fourth-order valence-electron chi connectivity index (χ4n) is 4.76. The summed E-state index contributed by atoms with van der Waals surface area (Å²) in [5, 5.41) is 2.39. The number of aromatic nitrogens is 2. The molecule has 0 spiro atoms. The predicted molar refractivity (Wildman–Crippen MR) is 122 cm³/mol. The van der Waals surface area contributed by atoms with Gasteiger partial charge in [-0.05, 0) is 80.3 Å². The van der Waals surface area contributed by atoms with Crippen LogP contribution in [0.3, 0.4) is 0 Å². The van der Waals surface area contributed by atoms with Crippen molar-refractivity contribution in [3.8, 4) is 0 Å². The topological polar surface area (TPSA) is 17.3 Å². The Morgan fingerprint density at radius 3 is 2.39 bits per heavy atom. The van der Waals surface area contributed by atoms with Gasteiger partial charge in [0.25, 0.3) is 0 Å². The van der Waals surface area contributed by atoms with Crippen LogP contribution in [0.1, 0.15) is 56.4 Å². The fraction of sp³-hybridized carbons (Fsp3) is 0.346. The van der Waals surface area contributed by atoms with Crippen LogP contribution in [-0.2, 0) is 6.18 Å². The average molecular weight is 425 g/mol. The minimum absolute atomic E-state index is 0.522. The predicted octanol–water partition coefficient (Wildman–Crippen LogP) is 8.12. The molecule has 2 aromatic carbocycles. The number of benzene rings is 2. The molecule has 2 aromatic heterocycles. The van der Waals surface area contributed by atoms with Crippen LogP contribution in [0.15, 0.2) is 42.2 Å². The molecule has 0 saturated heterocycles. The number of nitrogens with zero attached hydrogens (tertiary/aromatic N) is 2. The molecule has 2 heterocycles. The minimum Gasteiger partial charge on any atom is -0.299 e. The molecule has 0 atom stereocenters. The molecule has 0 fully saturated rings. The summed E-state index contributed by atoms with van der Waals surface area (Å²) in [6.07, 6.45) is 0.126. The van der Waals surface area contributed by atoms with E-state index < -0.39 is 11.7 Å². The SMILES string of the molecule is C/C(CC(C)C)=C(/C)c1c(C)c2nccn2c2c1cc(C)c1ccc(C(F)(F)F)cc12. The van der Waals surface area contributed by atoms with Crippen LogP contribution in [-0.4, -0.2) is 9.38 Å². The van der Waals surface area contributed by atoms with Gasteiger partial charge in [-0.3, -0.25) is 4.40 Å². The number of halogens is 3. The van der Waals surface area contributed by atoms with Crippen LogP contribution in [0.25, 0.3) is 32.9 Å². The molecular weight excluding hydrogens is 397 g/mol. The molecule has 0 aliphatic rings. The summed E-state index contributed by atoms with van der Waals surface area (Å²) in [6, 6.07) is 6.14. The summed E-state index contributed by atoms with van der Waals surface area (Å²) >= 11 is 0. The van der Waals surface area contributed by atoms with Crippen molar-refractivity contribution in [2.45, 2.75) is 54.1 Å². The standard InChI is InChI=1S/C26H27F3N2/c1-14(2)11-15(3)17(5)23-18(6)25-30-9-10-31(25)24-21-13-19(26(27,28)29)7-8-20(21)16(4)12-22(23)24/h7-10,12-14H,11H2,1-6H3/b17-15+. The van der Waals surface area contributed by atoms with Gasteiger partial charge in [0, 0.05) is 28.7 Å². The first-order valence-corrected chi connectivity index (χ1v) is 10.6. The van der Waals surface area contributed by atoms with Gasteiger partial charge in [0.05, 0.1) is 11.1 Å². The number of rotatable bonds is 3. The zero-order valence-corrected chi connectivity index (χ0v) is 18.8. The lowest BCUT2D eigenvalue weighted by Gasteiger charge is -2.20. The normalized spacial score (nSPS) is 13.6. The van der Waals surface area contributed by atoms with Gasteiger partial charge >= 0.3 is 6.18 Å². The second kappa shape index (κ2) is 7.40. The Hall–Kier alpha value is -2.82. The van der Waals surface area contributed by atoms with Crippen LogP contribution < -0.4 is 0 Å². The number of imidazole rings is 1. The van der Waals surface area contributed by atoms with Gasteiger partial charge in [-0.25, -0.2) is 4.98 Å². The Kier molecular flexibility index (Phi) is 5.11. The van der Waals surface area contributed by atoms with E-state index >= 15 is 0 Å². The maximum atomic E-state index is 13.5. The maximum absolute atomic E-state index is 13.5. The van der Waals surface area contributed by atoms with E-state index in [1.54, 1.807) is 12.3 Å². The molecule has 5 heteroatoms. The Bertz CT molecular complexity index is 1350. The van der Waals surface area contributed by atoms with E-state index in [9.17, 15) is 13.2 Å². The lowest BCUT2D eigenvalue weighted by molar-refractivity contribution is -0.137. The first-order chi connectivity index (χ1) is 14.5. The molecule has 0 unspecified atom stereocenters. The lowest BCUT2D eigenvalue weighted by Crippen LogP contribution is -2.05. The first kappa shape index (κ1) is 21.4. The number of fused-ring (bicyclic) bond motifs is 5. The number of allylic oxidation sites excluding steroid dienone is 2. The average Bonchev–Trinajstić information content (AvgIpc) is 3.16. The molecule has 0 aliphatic carbocycles. The van der Waals surface area contributed by atoms with E-state index in [2.05, 4.69) is 45.7 Å². The monoisotopic (exact) mass is 424 g/mol. The molecule has 0 N–H and O–H groups in total. The zero-order valence-electron chi connectivity index (χ0n) is 18.8. The fourth-order valence-corrected chi connectivity index (χ4v) is 4.76. The molecule has 162 valence electrons. The largest absolute Gasteiger partial charge is 0.416 e. The van der Waals surface area contributed by atoms with Gasteiger partial charge in [-0.2, -0.15) is 13.2 Å². The molecule has 4 aromatic rings. The highest BCUT2D eigenvalue weighted by molar-refractivity contribution is 6.12. The quantitative estimate of drug-likeness (QED) is 0.304. The Morgan fingerprint density at radius 1 is 1.03 bits per heavy atom. The highest BCUT2D eigenvalue weighted by Crippen LogP contribution is 2.40. The summed E-state index contributed by atoms with van der Waals surface area (Å²) in [5.41, 5.74) is 6.47. The molecule has 0 aliphatic heterocycles. The Labute approximate surface area is 180 Å². The van der Waals surface area contributed by atoms with Gasteiger partial charge in [-0.15, -0.1) is 0 Å². The number of hydrogen-bond acceptors (Lipinski definition) is 1. The number of hydrogen-bond donors (Lipinski definition) is 0. The van der Waals surface area contributed by atoms with E-state index in [0.29, 0.717) is 11.3 Å². The van der Waals surface area contributed by atoms with Crippen LogP contribution in [0.2, 0.25) is 0 Å². The van der Waals surface area contributed by atoms with E-state index in [4.69, 9.17) is 0 Å². The molecule has 2 nitrogen and oxygen atoms in total. The van der Waals surface area contributed by atoms with Crippen LogP contribution in [0, 0.1) is 19.8 Å². The van der Waals surface area contributed by atoms with Crippen LogP contribution in [0.5, 0.6) is 0 Å². The third kappa shape index (κ3) is 3.50. The first-order valence-electron chi connectivity index (χ1n) is 10.6. The summed E-state index contributed by atoms with van der Waals surface area (Å²) < 4.78 is 42.6. The van der Waals surface area contributed by atoms with E-state index in [1.807, 2.05) is 17.5 Å². The molecule has 0 bridgehead atoms. The number of alkyl halides is 3. The third-order valence-corrected chi connectivity index (χ3v) is 6.23. The molecule has 31 heavy (non-hydrogen) atoms. The highest BCUT2D eigenvalue weighted by Gasteiger charge is 2.31. The van der Waals surface area contributed by atoms with Crippen molar-refractivity contribution in [3.05, 3.63) is 64.5 Å². The summed E-state index contributed by atoms with van der Waals surface area (Å²) in [5.74, 6) is 0.522. The van der Waals surface area contributed by atoms with E-state index in [0.717, 1.165) is 45.0 Å². The molecule has 0 radical (unpaired) electrons. The minimum atomic E-state index is -4.39. The Balaban J connectivity index is 2.23. The summed E-state index contributed by atoms with van der Waals surface area (Å²) in [6.45, 7) is 12.7. The summed E-state index contributed by atoms with van der Waals surface area (Å²) in [4.78, 5) is 4.55. The number of aryl methyl sites for hydroxylation is 2. The van der Waals surface area contributed by atoms with Crippen molar-refractivity contribution in [1.82, 2.24) is 9.38 Å². The summed E-state index contributed by atoms with van der Waals surface area (Å²) in [7, 11) is 0. The maximum Gasteiger partial charge on any atom is 0.416 e. The van der Waals surface area contributed by atoms with Crippen molar-refractivity contribution in [2.75, 3.05) is 0 Å². The van der Waals surface area contributed by atoms with Crippen molar-refractivity contribution in [1.29, 1.82) is 0 Å². The van der Waals surface area contributed by atoms with Gasteiger partial charge in [0.15, 0.2) is 0 Å². The molecule has 0 amide bonds. The van der Waals surface area contributed by atoms with Crippen molar-refractivity contribution in [3.63, 3.8) is 0 Å². The van der Waals surface area contributed by atoms with Gasteiger partial charge in [0.2, 0.25) is 0 Å². The van der Waals surface area contributed by atoms with Gasteiger partial charge in [-0.1, -0.05) is 25.5 Å². The number of pyridine rings is 1. The van der Waals surface area contributed by atoms with E-state index in [-0.39, 0.29) is 0 Å². The smallest absolute Gasteiger partial charge is 0.299 e. The van der Waals surface area contributed by atoms with Crippen LogP contribution >= 0.6 is 0 Å². The highest BCUT2D eigenvalue weighted by atomic mass is 19.4. The molecular formula is C26H27F3N2. The Morgan fingerprint density at radius 2 is 1.74 bits per heavy atom. The van der Waals surface area contributed by atoms with Gasteiger partial charge in [0.1, 0.15) is 5.65 Å². The van der Waals surface area contributed by atoms with Crippen molar-refractivity contribution < 1.29 is 13.2 Å². The molecule has 4 rings (SSSR count). The second-order valence-corrected chi connectivity index (χ2v) is 8.97. The van der Waals surface area contributed by atoms with E-state index in [1.165, 1.54) is 23.3 Å². The van der Waals surface area contributed by atoms with Crippen molar-refractivity contribution >= 4 is 32.9 Å². The van der Waals surface area contributed by atoms with Crippen molar-refractivity contribution in [2.24, 2.45) is 5.92 Å².